The Morgan fingerprint density at radius 2 is 1.92 bits per heavy atom. The summed E-state index contributed by atoms with van der Waals surface area (Å²) >= 11 is 13.7. The lowest BCUT2D eigenvalue weighted by Gasteiger charge is -2.27. The van der Waals surface area contributed by atoms with Gasteiger partial charge in [-0.2, -0.15) is 0 Å². The highest BCUT2D eigenvalue weighted by atomic mass is 35.5. The number of amides is 2. The van der Waals surface area contributed by atoms with Gasteiger partial charge in [0.25, 0.3) is 5.91 Å². The summed E-state index contributed by atoms with van der Waals surface area (Å²) in [6.07, 6.45) is 0.464. The van der Waals surface area contributed by atoms with Crippen molar-refractivity contribution < 1.29 is 9.59 Å². The van der Waals surface area contributed by atoms with E-state index in [0.717, 1.165) is 16.2 Å². The molecule has 0 saturated heterocycles. The van der Waals surface area contributed by atoms with Crippen molar-refractivity contribution >= 4 is 52.5 Å². The van der Waals surface area contributed by atoms with Gasteiger partial charge in [0.15, 0.2) is 0 Å². The molecule has 7 heteroatoms. The highest BCUT2D eigenvalue weighted by molar-refractivity contribution is 7.99. The van der Waals surface area contributed by atoms with Gasteiger partial charge in [0.05, 0.1) is 21.3 Å². The van der Waals surface area contributed by atoms with Crippen molar-refractivity contribution in [2.75, 3.05) is 11.1 Å². The van der Waals surface area contributed by atoms with Crippen LogP contribution in [0.1, 0.15) is 36.2 Å². The first-order chi connectivity index (χ1) is 12.3. The molecule has 2 N–H and O–H groups in total. The van der Waals surface area contributed by atoms with Crippen LogP contribution >= 0.6 is 35.0 Å². The number of halogens is 2. The third-order valence-corrected chi connectivity index (χ3v) is 5.98. The van der Waals surface area contributed by atoms with Gasteiger partial charge < -0.3 is 10.6 Å². The summed E-state index contributed by atoms with van der Waals surface area (Å²) in [6, 6.07) is 10.6. The summed E-state index contributed by atoms with van der Waals surface area (Å²) in [4.78, 5) is 25.5. The smallest absolute Gasteiger partial charge is 0.252 e. The van der Waals surface area contributed by atoms with Crippen LogP contribution in [0.4, 0.5) is 5.69 Å². The van der Waals surface area contributed by atoms with E-state index >= 15 is 0 Å². The third kappa shape index (κ3) is 4.17. The molecule has 0 aliphatic carbocycles. The Morgan fingerprint density at radius 3 is 2.65 bits per heavy atom. The molecule has 26 heavy (non-hydrogen) atoms. The summed E-state index contributed by atoms with van der Waals surface area (Å²) in [5.74, 6) is 0.465. The van der Waals surface area contributed by atoms with E-state index in [1.807, 2.05) is 26.0 Å². The third-order valence-electron chi connectivity index (χ3n) is 4.17. The summed E-state index contributed by atoms with van der Waals surface area (Å²) in [7, 11) is 0. The average Bonchev–Trinajstić information content (AvgIpc) is 2.76. The van der Waals surface area contributed by atoms with Crippen LogP contribution in [0.15, 0.2) is 41.3 Å². The number of hydrogen-bond acceptors (Lipinski definition) is 3. The molecule has 2 amide bonds. The number of carbonyl (C=O) groups excluding carboxylic acids is 2. The predicted octanol–water partition coefficient (Wildman–Crippen LogP) is 5.09. The maximum Gasteiger partial charge on any atom is 0.252 e. The SMILES string of the molecule is CC(C)(NC(=O)c1ccc2c(c1)NC(=O)CCS2)c1ccc(Cl)c(Cl)c1. The molecule has 0 saturated carbocycles. The number of anilines is 1. The quantitative estimate of drug-likeness (QED) is 0.742. The van der Waals surface area contributed by atoms with Crippen LogP contribution in [0.2, 0.25) is 10.0 Å². The monoisotopic (exact) mass is 408 g/mol. The number of carbonyl (C=O) groups is 2. The van der Waals surface area contributed by atoms with Crippen molar-refractivity contribution in [3.05, 3.63) is 57.6 Å². The fraction of sp³-hybridized carbons (Fsp3) is 0.263. The van der Waals surface area contributed by atoms with Crippen molar-refractivity contribution in [2.45, 2.75) is 30.7 Å². The van der Waals surface area contributed by atoms with Gasteiger partial charge in [-0.05, 0) is 49.7 Å². The molecule has 1 aliphatic rings. The van der Waals surface area contributed by atoms with E-state index < -0.39 is 5.54 Å². The number of hydrogen-bond donors (Lipinski definition) is 2. The molecule has 0 atom stereocenters. The lowest BCUT2D eigenvalue weighted by Crippen LogP contribution is -2.41. The summed E-state index contributed by atoms with van der Waals surface area (Å²) in [6.45, 7) is 3.79. The Labute approximate surface area is 166 Å². The number of nitrogens with one attached hydrogen (secondary N) is 2. The van der Waals surface area contributed by atoms with E-state index in [0.29, 0.717) is 27.7 Å². The molecule has 1 aliphatic heterocycles. The second-order valence-electron chi connectivity index (χ2n) is 6.57. The van der Waals surface area contributed by atoms with Crippen molar-refractivity contribution in [3.8, 4) is 0 Å². The fourth-order valence-electron chi connectivity index (χ4n) is 2.67. The molecule has 0 bridgehead atoms. The number of thioether (sulfide) groups is 1. The van der Waals surface area contributed by atoms with Crippen molar-refractivity contribution in [1.29, 1.82) is 0 Å². The molecular formula is C19H18Cl2N2O2S. The topological polar surface area (TPSA) is 58.2 Å². The Bertz CT molecular complexity index is 884. The predicted molar refractivity (Wildman–Crippen MR) is 107 cm³/mol. The van der Waals surface area contributed by atoms with Crippen LogP contribution < -0.4 is 10.6 Å². The first-order valence-electron chi connectivity index (χ1n) is 8.11. The van der Waals surface area contributed by atoms with Crippen molar-refractivity contribution in [2.24, 2.45) is 0 Å². The van der Waals surface area contributed by atoms with Gasteiger partial charge >= 0.3 is 0 Å². The molecule has 2 aromatic carbocycles. The van der Waals surface area contributed by atoms with E-state index in [1.165, 1.54) is 0 Å². The lowest BCUT2D eigenvalue weighted by atomic mass is 9.94. The summed E-state index contributed by atoms with van der Waals surface area (Å²) < 4.78 is 0. The average molecular weight is 409 g/mol. The largest absolute Gasteiger partial charge is 0.343 e. The molecule has 0 fully saturated rings. The molecule has 0 radical (unpaired) electrons. The molecular weight excluding hydrogens is 391 g/mol. The van der Waals surface area contributed by atoms with Crippen LogP contribution in [0.25, 0.3) is 0 Å². The lowest BCUT2D eigenvalue weighted by molar-refractivity contribution is -0.115. The zero-order chi connectivity index (χ0) is 18.9. The zero-order valence-electron chi connectivity index (χ0n) is 14.4. The van der Waals surface area contributed by atoms with Gasteiger partial charge in [-0.3, -0.25) is 9.59 Å². The normalized spacial score (nSPS) is 14.2. The standard InChI is InChI=1S/C19H18Cl2N2O2S/c1-19(2,12-4-5-13(20)14(21)10-12)23-18(25)11-3-6-16-15(9-11)22-17(24)7-8-26-16/h3-6,9-10H,7-8H2,1-2H3,(H,22,24)(H,23,25). The minimum absolute atomic E-state index is 0.0371. The second-order valence-corrected chi connectivity index (χ2v) is 8.52. The Kier molecular flexibility index (Phi) is 5.51. The number of fused-ring (bicyclic) bond motifs is 1. The first kappa shape index (κ1) is 19.1. The Morgan fingerprint density at radius 1 is 1.15 bits per heavy atom. The molecule has 1 heterocycles. The van der Waals surface area contributed by atoms with Crippen LogP contribution in [-0.2, 0) is 10.3 Å². The summed E-state index contributed by atoms with van der Waals surface area (Å²) in [5.41, 5.74) is 1.37. The second kappa shape index (κ2) is 7.51. The van der Waals surface area contributed by atoms with Crippen LogP contribution in [0, 0.1) is 0 Å². The van der Waals surface area contributed by atoms with Gasteiger partial charge in [-0.1, -0.05) is 29.3 Å². The molecule has 136 valence electrons. The minimum atomic E-state index is -0.643. The van der Waals surface area contributed by atoms with Crippen molar-refractivity contribution in [3.63, 3.8) is 0 Å². The Balaban J connectivity index is 1.83. The molecule has 0 aromatic heterocycles. The molecule has 4 nitrogen and oxygen atoms in total. The molecule has 0 spiro atoms. The minimum Gasteiger partial charge on any atom is -0.343 e. The van der Waals surface area contributed by atoms with Gasteiger partial charge in [-0.15, -0.1) is 11.8 Å². The zero-order valence-corrected chi connectivity index (χ0v) is 16.7. The molecule has 2 aromatic rings. The maximum absolute atomic E-state index is 12.7. The highest BCUT2D eigenvalue weighted by Crippen LogP contribution is 2.32. The molecule has 0 unspecified atom stereocenters. The van der Waals surface area contributed by atoms with E-state index in [4.69, 9.17) is 23.2 Å². The van der Waals surface area contributed by atoms with Crippen molar-refractivity contribution in [1.82, 2.24) is 5.32 Å². The highest BCUT2D eigenvalue weighted by Gasteiger charge is 2.25. The van der Waals surface area contributed by atoms with Crippen LogP contribution in [-0.4, -0.2) is 17.6 Å². The number of benzene rings is 2. The number of rotatable bonds is 3. The van der Waals surface area contributed by atoms with Gasteiger partial charge in [-0.25, -0.2) is 0 Å². The summed E-state index contributed by atoms with van der Waals surface area (Å²) in [5, 5.41) is 6.77. The Hall–Kier alpha value is -1.69. The van der Waals surface area contributed by atoms with Gasteiger partial charge in [0.2, 0.25) is 5.91 Å². The van der Waals surface area contributed by atoms with E-state index in [2.05, 4.69) is 10.6 Å². The molecule has 3 rings (SSSR count). The van der Waals surface area contributed by atoms with Gasteiger partial charge in [0.1, 0.15) is 0 Å². The fourth-order valence-corrected chi connectivity index (χ4v) is 3.91. The van der Waals surface area contributed by atoms with E-state index in [9.17, 15) is 9.59 Å². The van der Waals surface area contributed by atoms with Crippen LogP contribution in [0.5, 0.6) is 0 Å². The maximum atomic E-state index is 12.7. The van der Waals surface area contributed by atoms with E-state index in [1.54, 1.807) is 36.0 Å². The first-order valence-corrected chi connectivity index (χ1v) is 9.85. The van der Waals surface area contributed by atoms with Gasteiger partial charge in [0, 0.05) is 22.6 Å². The van der Waals surface area contributed by atoms with E-state index in [-0.39, 0.29) is 11.8 Å². The van der Waals surface area contributed by atoms with Crippen LogP contribution in [0.3, 0.4) is 0 Å².